The molecule has 3 heterocycles. The smallest absolute Gasteiger partial charge is 0.348 e. The van der Waals surface area contributed by atoms with E-state index in [0.29, 0.717) is 4.88 Å². The van der Waals surface area contributed by atoms with Crippen LogP contribution < -0.4 is 0 Å². The number of hydrogen-bond acceptors (Lipinski definition) is 5. The molecule has 118 valence electrons. The van der Waals surface area contributed by atoms with Crippen LogP contribution in [0.4, 0.5) is 0 Å². The van der Waals surface area contributed by atoms with Crippen LogP contribution in [0.25, 0.3) is 26.0 Å². The molecular formula is C18H13BNO2S2-. The molecule has 0 aliphatic carbocycles. The normalized spacial score (nSPS) is 10.9. The summed E-state index contributed by atoms with van der Waals surface area (Å²) in [6.45, 7) is -0.0579. The number of esters is 1. The largest absolute Gasteiger partial charge is 0.511 e. The van der Waals surface area contributed by atoms with Crippen LogP contribution in [0.1, 0.15) is 9.67 Å². The second-order valence-electron chi connectivity index (χ2n) is 5.37. The number of fused-ring (bicyclic) bond motifs is 1. The maximum absolute atomic E-state index is 11.8. The molecule has 24 heavy (non-hydrogen) atoms. The number of methoxy groups -OCH3 is 1. The van der Waals surface area contributed by atoms with Crippen molar-refractivity contribution in [2.24, 2.45) is 0 Å². The van der Waals surface area contributed by atoms with Gasteiger partial charge in [-0.25, -0.2) is 10.3 Å². The molecule has 0 spiro atoms. The van der Waals surface area contributed by atoms with Crippen LogP contribution in [0, 0.1) is 0 Å². The molecule has 3 aromatic heterocycles. The third kappa shape index (κ3) is 2.68. The van der Waals surface area contributed by atoms with E-state index in [-0.39, 0.29) is 12.5 Å². The van der Waals surface area contributed by atoms with Crippen molar-refractivity contribution in [1.29, 1.82) is 0 Å². The van der Waals surface area contributed by atoms with Crippen molar-refractivity contribution in [3.63, 3.8) is 0 Å². The molecule has 0 amide bonds. The van der Waals surface area contributed by atoms with Crippen LogP contribution in [0.5, 0.6) is 0 Å². The highest BCUT2D eigenvalue weighted by molar-refractivity contribution is 7.21. The van der Waals surface area contributed by atoms with Crippen molar-refractivity contribution >= 4 is 45.3 Å². The number of aromatic nitrogens is 1. The zero-order valence-corrected chi connectivity index (χ0v) is 14.6. The molecule has 0 fully saturated rings. The van der Waals surface area contributed by atoms with E-state index in [1.54, 1.807) is 11.3 Å². The van der Waals surface area contributed by atoms with Crippen LogP contribution in [0.3, 0.4) is 0 Å². The van der Waals surface area contributed by atoms with E-state index >= 15 is 0 Å². The van der Waals surface area contributed by atoms with Crippen LogP contribution in [-0.4, -0.2) is 24.5 Å². The first-order valence-electron chi connectivity index (χ1n) is 7.49. The van der Waals surface area contributed by atoms with Crippen LogP contribution in [0.15, 0.2) is 60.0 Å². The van der Waals surface area contributed by atoms with Gasteiger partial charge in [-0.2, -0.15) is 5.46 Å². The number of carbonyl (C=O) groups excluding carboxylic acids is 1. The Kier molecular flexibility index (Phi) is 4.00. The number of carbonyl (C=O) groups is 1. The average molecular weight is 350 g/mol. The summed E-state index contributed by atoms with van der Waals surface area (Å²) in [6, 6.07) is 18.4. The van der Waals surface area contributed by atoms with Crippen LogP contribution in [0.2, 0.25) is 0 Å². The molecule has 0 saturated heterocycles. The Hall–Kier alpha value is -2.31. The molecule has 0 atom stereocenters. The topological polar surface area (TPSA) is 39.2 Å². The van der Waals surface area contributed by atoms with Gasteiger partial charge in [-0.05, 0) is 22.4 Å². The van der Waals surface area contributed by atoms with Crippen LogP contribution in [-0.2, 0) is 4.74 Å². The Morgan fingerprint density at radius 1 is 1.12 bits per heavy atom. The first kappa shape index (κ1) is 15.2. The van der Waals surface area contributed by atoms with Crippen molar-refractivity contribution in [2.45, 2.75) is 0 Å². The lowest BCUT2D eigenvalue weighted by atomic mass is 9.63. The minimum atomic E-state index is -0.313. The fraction of sp³-hybridized carbons (Fsp3) is 0.0556. The summed E-state index contributed by atoms with van der Waals surface area (Å²) in [5.41, 5.74) is 3.17. The lowest BCUT2D eigenvalue weighted by Crippen LogP contribution is -2.05. The van der Waals surface area contributed by atoms with E-state index in [9.17, 15) is 4.79 Å². The SMILES string of the molecule is COC(=O)c1cc2n[b-](-c3ccccc3)c(-c3cccs3)cc2s1. The third-order valence-electron chi connectivity index (χ3n) is 3.90. The Morgan fingerprint density at radius 2 is 1.96 bits per heavy atom. The molecule has 4 rings (SSSR count). The summed E-state index contributed by atoms with van der Waals surface area (Å²) in [5.74, 6) is -0.313. The van der Waals surface area contributed by atoms with Gasteiger partial charge in [0, 0.05) is 16.7 Å². The summed E-state index contributed by atoms with van der Waals surface area (Å²) >= 11 is 3.13. The Labute approximate surface area is 147 Å². The van der Waals surface area contributed by atoms with Crippen LogP contribution >= 0.6 is 22.7 Å². The van der Waals surface area contributed by atoms with Crippen molar-refractivity contribution in [3.8, 4) is 15.8 Å². The molecule has 0 aliphatic rings. The molecule has 0 N–H and O–H groups in total. The summed E-state index contributed by atoms with van der Waals surface area (Å²) in [4.78, 5) is 18.5. The number of hydrogen-bond donors (Lipinski definition) is 0. The second-order valence-corrected chi connectivity index (χ2v) is 7.40. The molecule has 4 aromatic rings. The average Bonchev–Trinajstić information content (AvgIpc) is 3.29. The molecule has 0 unspecified atom stereocenters. The number of benzene rings is 1. The number of ether oxygens (including phenoxy) is 1. The summed E-state index contributed by atoms with van der Waals surface area (Å²) in [7, 11) is 1.40. The summed E-state index contributed by atoms with van der Waals surface area (Å²) < 4.78 is 5.84. The van der Waals surface area contributed by atoms with Crippen molar-refractivity contribution in [3.05, 3.63) is 64.9 Å². The molecular weight excluding hydrogens is 337 g/mol. The van der Waals surface area contributed by atoms with E-state index in [1.807, 2.05) is 30.3 Å². The van der Waals surface area contributed by atoms with E-state index in [4.69, 9.17) is 9.63 Å². The maximum atomic E-state index is 11.8. The van der Waals surface area contributed by atoms with Gasteiger partial charge >= 0.3 is 5.97 Å². The first-order chi connectivity index (χ1) is 11.8. The van der Waals surface area contributed by atoms with Gasteiger partial charge in [0.05, 0.1) is 7.11 Å². The van der Waals surface area contributed by atoms with E-state index in [1.165, 1.54) is 28.8 Å². The monoisotopic (exact) mass is 350 g/mol. The Balaban J connectivity index is 1.98. The standard InChI is InChI=1S/C18H13BNO2S2/c1-22-18(21)17-11-14-16(24-17)10-13(15-8-5-9-23-15)19(20-14)12-6-3-2-4-7-12/h2-11H,1H3/q-1. The lowest BCUT2D eigenvalue weighted by Gasteiger charge is -2.19. The highest BCUT2D eigenvalue weighted by Gasteiger charge is 2.11. The summed E-state index contributed by atoms with van der Waals surface area (Å²) in [6.07, 6.45) is 0. The van der Waals surface area contributed by atoms with Gasteiger partial charge < -0.3 is 9.63 Å². The van der Waals surface area contributed by atoms with Gasteiger partial charge in [0.2, 0.25) is 0 Å². The maximum Gasteiger partial charge on any atom is 0.348 e. The second kappa shape index (κ2) is 6.30. The number of nitrogens with zero attached hydrogens (tertiary/aromatic N) is 1. The minimum absolute atomic E-state index is 0.0579. The van der Waals surface area contributed by atoms with Gasteiger partial charge in [-0.1, -0.05) is 42.5 Å². The minimum Gasteiger partial charge on any atom is -0.511 e. The van der Waals surface area contributed by atoms with Crippen molar-refractivity contribution < 1.29 is 9.53 Å². The zero-order valence-electron chi connectivity index (χ0n) is 12.9. The molecule has 1 aromatic carbocycles. The molecule has 0 bridgehead atoms. The molecule has 0 radical (unpaired) electrons. The van der Waals surface area contributed by atoms with Gasteiger partial charge in [-0.3, -0.25) is 0 Å². The third-order valence-corrected chi connectivity index (χ3v) is 5.87. The number of thiophene rings is 2. The quantitative estimate of drug-likeness (QED) is 0.497. The fourth-order valence-electron chi connectivity index (χ4n) is 2.77. The molecule has 0 aliphatic heterocycles. The summed E-state index contributed by atoms with van der Waals surface area (Å²) in [5, 5.41) is 2.07. The lowest BCUT2D eigenvalue weighted by molar-refractivity contribution is 0.0606. The predicted molar refractivity (Wildman–Crippen MR) is 102 cm³/mol. The van der Waals surface area contributed by atoms with Crippen molar-refractivity contribution in [2.75, 3.05) is 7.11 Å². The first-order valence-corrected chi connectivity index (χ1v) is 9.19. The molecule has 3 nitrogen and oxygen atoms in total. The fourth-order valence-corrected chi connectivity index (χ4v) is 4.51. The zero-order chi connectivity index (χ0) is 16.5. The van der Waals surface area contributed by atoms with E-state index in [2.05, 4.69) is 29.6 Å². The predicted octanol–water partition coefficient (Wildman–Crippen LogP) is 4.83. The van der Waals surface area contributed by atoms with Gasteiger partial charge in [0.1, 0.15) is 4.88 Å². The number of rotatable bonds is 3. The van der Waals surface area contributed by atoms with Gasteiger partial charge in [0.15, 0.2) is 0 Å². The van der Waals surface area contributed by atoms with E-state index < -0.39 is 0 Å². The highest BCUT2D eigenvalue weighted by Crippen LogP contribution is 2.32. The molecule has 6 heteroatoms. The Morgan fingerprint density at radius 3 is 2.67 bits per heavy atom. The van der Waals surface area contributed by atoms with E-state index in [0.717, 1.165) is 15.7 Å². The van der Waals surface area contributed by atoms with Crippen molar-refractivity contribution in [1.82, 2.24) is 4.89 Å². The molecule has 0 saturated carbocycles. The van der Waals surface area contributed by atoms with Gasteiger partial charge in [0.25, 0.3) is 0 Å². The van der Waals surface area contributed by atoms with Gasteiger partial charge in [-0.15, -0.1) is 22.7 Å². The Bertz CT molecular complexity index is 1010. The highest BCUT2D eigenvalue weighted by atomic mass is 32.1.